The molecular weight excluding hydrogens is 498 g/mol. The zero-order valence-electron chi connectivity index (χ0n) is 22.8. The molecule has 1 aliphatic carbocycles. The molecule has 1 atom stereocenters. The van der Waals surface area contributed by atoms with Crippen LogP contribution in [0.3, 0.4) is 0 Å². The summed E-state index contributed by atoms with van der Waals surface area (Å²) >= 11 is 0. The first-order valence-electron chi connectivity index (χ1n) is 14.1. The lowest BCUT2D eigenvalue weighted by Gasteiger charge is -2.38. The van der Waals surface area contributed by atoms with E-state index in [0.29, 0.717) is 18.5 Å². The summed E-state index contributed by atoms with van der Waals surface area (Å²) in [5, 5.41) is 8.39. The number of carbonyl (C=O) groups excluding carboxylic acids is 2. The fourth-order valence-corrected chi connectivity index (χ4v) is 6.31. The molecule has 0 unspecified atom stereocenters. The first kappa shape index (κ1) is 25.9. The molecule has 1 aliphatic rings. The Morgan fingerprint density at radius 1 is 0.950 bits per heavy atom. The molecule has 6 rings (SSSR count). The molecule has 2 amide bonds. The highest BCUT2D eigenvalue weighted by molar-refractivity contribution is 6.07. The summed E-state index contributed by atoms with van der Waals surface area (Å²) in [5.41, 5.74) is 2.86. The van der Waals surface area contributed by atoms with Gasteiger partial charge in [0.05, 0.1) is 11.1 Å². The Balaban J connectivity index is 1.31. The van der Waals surface area contributed by atoms with Crippen molar-refractivity contribution in [3.8, 4) is 0 Å². The van der Waals surface area contributed by atoms with Crippen LogP contribution in [0, 0.1) is 0 Å². The normalized spacial score (nSPS) is 16.4. The van der Waals surface area contributed by atoms with Gasteiger partial charge in [-0.05, 0) is 55.7 Å². The number of para-hydroxylation sites is 2. The molecule has 2 aromatic carbocycles. The second-order valence-electron chi connectivity index (χ2n) is 11.3. The van der Waals surface area contributed by atoms with Crippen LogP contribution in [0.5, 0.6) is 0 Å². The Kier molecular flexibility index (Phi) is 6.88. The number of fused-ring (bicyclic) bond motifs is 2. The Hall–Kier alpha value is -4.39. The van der Waals surface area contributed by atoms with E-state index in [9.17, 15) is 9.59 Å². The van der Waals surface area contributed by atoms with Crippen molar-refractivity contribution >= 4 is 33.6 Å². The molecule has 3 heterocycles. The number of hydrogen-bond donors (Lipinski definition) is 4. The van der Waals surface area contributed by atoms with E-state index in [0.717, 1.165) is 58.7 Å². The largest absolute Gasteiger partial charge is 0.361 e. The van der Waals surface area contributed by atoms with Crippen molar-refractivity contribution in [2.24, 2.45) is 0 Å². The van der Waals surface area contributed by atoms with E-state index >= 15 is 0 Å². The van der Waals surface area contributed by atoms with Crippen LogP contribution in [0.25, 0.3) is 21.8 Å². The molecule has 204 valence electrons. The molecule has 4 N–H and O–H groups in total. The van der Waals surface area contributed by atoms with Crippen molar-refractivity contribution in [2.75, 3.05) is 6.54 Å². The first-order chi connectivity index (χ1) is 19.5. The fraction of sp³-hybridized carbons (Fsp3) is 0.303. The Labute approximate surface area is 233 Å². The SMILES string of the molecule is C[C@@](Cc1c[nH]c2ccccc12)(NC(=O)c1cccc2cc[nH]c12)C(=O)NCC1(c2ccccn2)CCCCC1. The van der Waals surface area contributed by atoms with Gasteiger partial charge in [0.15, 0.2) is 0 Å². The molecule has 1 fully saturated rings. The third-order valence-corrected chi connectivity index (χ3v) is 8.55. The summed E-state index contributed by atoms with van der Waals surface area (Å²) in [6.45, 7) is 2.31. The molecule has 0 spiro atoms. The van der Waals surface area contributed by atoms with Crippen molar-refractivity contribution in [1.29, 1.82) is 0 Å². The summed E-state index contributed by atoms with van der Waals surface area (Å²) in [5.74, 6) is -0.492. The quantitative estimate of drug-likeness (QED) is 0.203. The number of benzene rings is 2. The van der Waals surface area contributed by atoms with E-state index in [-0.39, 0.29) is 17.2 Å². The highest BCUT2D eigenvalue weighted by atomic mass is 16.2. The van der Waals surface area contributed by atoms with E-state index < -0.39 is 5.54 Å². The van der Waals surface area contributed by atoms with Crippen molar-refractivity contribution in [2.45, 2.75) is 56.4 Å². The lowest BCUT2D eigenvalue weighted by molar-refractivity contribution is -0.127. The predicted molar refractivity (Wildman–Crippen MR) is 158 cm³/mol. The van der Waals surface area contributed by atoms with Crippen LogP contribution in [-0.2, 0) is 16.6 Å². The third-order valence-electron chi connectivity index (χ3n) is 8.55. The number of carbonyl (C=O) groups is 2. The number of amides is 2. The van der Waals surface area contributed by atoms with Gasteiger partial charge in [-0.3, -0.25) is 14.6 Å². The molecule has 1 saturated carbocycles. The number of nitrogens with one attached hydrogen (secondary N) is 4. The van der Waals surface area contributed by atoms with E-state index in [1.807, 2.05) is 80.1 Å². The molecule has 7 nitrogen and oxygen atoms in total. The molecule has 0 saturated heterocycles. The van der Waals surface area contributed by atoms with Gasteiger partial charge in [-0.1, -0.05) is 55.7 Å². The van der Waals surface area contributed by atoms with E-state index in [1.165, 1.54) is 6.42 Å². The first-order valence-corrected chi connectivity index (χ1v) is 14.1. The zero-order valence-corrected chi connectivity index (χ0v) is 22.8. The van der Waals surface area contributed by atoms with Gasteiger partial charge in [-0.25, -0.2) is 0 Å². The van der Waals surface area contributed by atoms with Gasteiger partial charge in [0, 0.05) is 59.0 Å². The van der Waals surface area contributed by atoms with Crippen LogP contribution >= 0.6 is 0 Å². The second kappa shape index (κ2) is 10.6. The fourth-order valence-electron chi connectivity index (χ4n) is 6.31. The highest BCUT2D eigenvalue weighted by Crippen LogP contribution is 2.38. The van der Waals surface area contributed by atoms with Crippen LogP contribution < -0.4 is 10.6 Å². The maximum atomic E-state index is 14.2. The summed E-state index contributed by atoms with van der Waals surface area (Å²) < 4.78 is 0. The number of H-pyrrole nitrogens is 2. The molecule has 0 radical (unpaired) electrons. The van der Waals surface area contributed by atoms with E-state index in [2.05, 4.69) is 26.7 Å². The number of aromatic amines is 2. The minimum Gasteiger partial charge on any atom is -0.361 e. The second-order valence-corrected chi connectivity index (χ2v) is 11.3. The monoisotopic (exact) mass is 533 g/mol. The van der Waals surface area contributed by atoms with Gasteiger partial charge in [0.25, 0.3) is 5.91 Å². The third kappa shape index (κ3) is 4.88. The lowest BCUT2D eigenvalue weighted by atomic mass is 9.71. The van der Waals surface area contributed by atoms with Gasteiger partial charge in [-0.15, -0.1) is 0 Å². The molecule has 5 aromatic rings. The number of aromatic nitrogens is 3. The Morgan fingerprint density at radius 3 is 2.60 bits per heavy atom. The van der Waals surface area contributed by atoms with Crippen molar-refractivity contribution in [1.82, 2.24) is 25.6 Å². The molecule has 3 aromatic heterocycles. The standard InChI is InChI=1S/C33H35N5O2/c1-32(20-24-21-36-27-13-4-3-11-25(24)27,38-30(39)26-12-9-10-23-15-19-35-29(23)26)31(40)37-22-33(16-6-2-7-17-33)28-14-5-8-18-34-28/h3-5,8-15,18-19,21,35-36H,2,6-7,16-17,20,22H2,1H3,(H,37,40)(H,38,39)/t32-/m0/s1. The maximum Gasteiger partial charge on any atom is 0.254 e. The summed E-state index contributed by atoms with van der Waals surface area (Å²) in [6.07, 6.45) is 11.3. The lowest BCUT2D eigenvalue weighted by Crippen LogP contribution is -2.59. The topological polar surface area (TPSA) is 103 Å². The van der Waals surface area contributed by atoms with Gasteiger partial charge in [0.2, 0.25) is 5.91 Å². The van der Waals surface area contributed by atoms with Gasteiger partial charge < -0.3 is 20.6 Å². The van der Waals surface area contributed by atoms with Crippen LogP contribution in [0.2, 0.25) is 0 Å². The molecular formula is C33H35N5O2. The van der Waals surface area contributed by atoms with Gasteiger partial charge in [-0.2, -0.15) is 0 Å². The number of pyridine rings is 1. The average molecular weight is 534 g/mol. The molecule has 0 aliphatic heterocycles. The summed E-state index contributed by atoms with van der Waals surface area (Å²) in [4.78, 5) is 39.1. The molecule has 0 bridgehead atoms. The number of nitrogens with zero attached hydrogens (tertiary/aromatic N) is 1. The smallest absolute Gasteiger partial charge is 0.254 e. The summed E-state index contributed by atoms with van der Waals surface area (Å²) in [6, 6.07) is 21.6. The number of hydrogen-bond acceptors (Lipinski definition) is 3. The van der Waals surface area contributed by atoms with Crippen LogP contribution in [0.4, 0.5) is 0 Å². The average Bonchev–Trinajstić information content (AvgIpc) is 3.64. The van der Waals surface area contributed by atoms with Gasteiger partial charge in [0.1, 0.15) is 5.54 Å². The van der Waals surface area contributed by atoms with Crippen molar-refractivity contribution in [3.05, 3.63) is 102 Å². The Bertz CT molecular complexity index is 1650. The van der Waals surface area contributed by atoms with E-state index in [1.54, 1.807) is 6.07 Å². The minimum absolute atomic E-state index is 0.203. The molecule has 40 heavy (non-hydrogen) atoms. The predicted octanol–water partition coefficient (Wildman–Crippen LogP) is 5.79. The van der Waals surface area contributed by atoms with Crippen molar-refractivity contribution in [3.63, 3.8) is 0 Å². The van der Waals surface area contributed by atoms with E-state index in [4.69, 9.17) is 4.98 Å². The maximum absolute atomic E-state index is 14.2. The van der Waals surface area contributed by atoms with Crippen LogP contribution in [0.15, 0.2) is 85.3 Å². The zero-order chi connectivity index (χ0) is 27.6. The number of rotatable bonds is 8. The molecule has 7 heteroatoms. The minimum atomic E-state index is -1.20. The van der Waals surface area contributed by atoms with Crippen LogP contribution in [-0.4, -0.2) is 38.8 Å². The van der Waals surface area contributed by atoms with Gasteiger partial charge >= 0.3 is 0 Å². The highest BCUT2D eigenvalue weighted by Gasteiger charge is 2.40. The summed E-state index contributed by atoms with van der Waals surface area (Å²) in [7, 11) is 0. The Morgan fingerprint density at radius 2 is 1.77 bits per heavy atom. The van der Waals surface area contributed by atoms with Crippen LogP contribution in [0.1, 0.15) is 60.6 Å². The van der Waals surface area contributed by atoms with Crippen molar-refractivity contribution < 1.29 is 9.59 Å².